The molecule has 1 amide bonds. The molecule has 2 aromatic rings. The van der Waals surface area contributed by atoms with Gasteiger partial charge in [0.25, 0.3) is 0 Å². The first kappa shape index (κ1) is 23.7. The van der Waals surface area contributed by atoms with Gasteiger partial charge in [-0.15, -0.1) is 0 Å². The summed E-state index contributed by atoms with van der Waals surface area (Å²) in [5.74, 6) is 0.228. The fraction of sp³-hybridized carbons (Fsp3) is 0.480. The van der Waals surface area contributed by atoms with Crippen LogP contribution in [0.3, 0.4) is 0 Å². The second-order valence-corrected chi connectivity index (χ2v) is 10.4. The van der Waals surface area contributed by atoms with Gasteiger partial charge in [-0.25, -0.2) is 9.18 Å². The highest BCUT2D eigenvalue weighted by atomic mass is 35.5. The molecule has 182 valence electrons. The molecule has 0 unspecified atom stereocenters. The molecule has 0 aromatic heterocycles. The van der Waals surface area contributed by atoms with Gasteiger partial charge < -0.3 is 14.6 Å². The Morgan fingerprint density at radius 1 is 1.24 bits per heavy atom. The molecular formula is C25H27Cl2FN2O4. The van der Waals surface area contributed by atoms with Crippen molar-refractivity contribution in [3.05, 3.63) is 57.3 Å². The summed E-state index contributed by atoms with van der Waals surface area (Å²) < 4.78 is 26.6. The first-order valence-electron chi connectivity index (χ1n) is 11.5. The number of hydrogen-bond acceptors (Lipinski definition) is 5. The molecule has 1 N–H and O–H groups in total. The van der Waals surface area contributed by atoms with Crippen LogP contribution in [0.2, 0.25) is 10.0 Å². The average molecular weight is 509 g/mol. The van der Waals surface area contributed by atoms with E-state index in [0.29, 0.717) is 65.1 Å². The molecule has 2 aromatic carbocycles. The maximum atomic E-state index is 14.8. The maximum Gasteiger partial charge on any atom is 0.414 e. The van der Waals surface area contributed by atoms with E-state index in [2.05, 4.69) is 4.90 Å². The number of β-amino-alcohol motifs (C(OH)–C–C–N with tert-alkyl or cyclic N) is 1. The number of rotatable bonds is 5. The van der Waals surface area contributed by atoms with Gasteiger partial charge in [0.2, 0.25) is 0 Å². The van der Waals surface area contributed by atoms with E-state index in [0.717, 1.165) is 0 Å². The topological polar surface area (TPSA) is 62.2 Å². The van der Waals surface area contributed by atoms with Gasteiger partial charge in [-0.2, -0.15) is 0 Å². The van der Waals surface area contributed by atoms with Crippen molar-refractivity contribution in [3.8, 4) is 5.75 Å². The summed E-state index contributed by atoms with van der Waals surface area (Å²) in [7, 11) is 0. The Kier molecular flexibility index (Phi) is 6.40. The van der Waals surface area contributed by atoms with Crippen LogP contribution < -0.4 is 9.64 Å². The van der Waals surface area contributed by atoms with Crippen molar-refractivity contribution in [1.29, 1.82) is 0 Å². The number of ether oxygens (including phenoxy) is 2. The number of nitrogens with zero attached hydrogens (tertiary/aromatic N) is 2. The first-order valence-corrected chi connectivity index (χ1v) is 12.3. The summed E-state index contributed by atoms with van der Waals surface area (Å²) >= 11 is 12.7. The molecule has 5 rings (SSSR count). The van der Waals surface area contributed by atoms with E-state index in [4.69, 9.17) is 32.7 Å². The van der Waals surface area contributed by atoms with Crippen LogP contribution in [0.4, 0.5) is 14.9 Å². The number of amides is 1. The fourth-order valence-electron chi connectivity index (χ4n) is 5.24. The zero-order valence-electron chi connectivity index (χ0n) is 19.0. The monoisotopic (exact) mass is 508 g/mol. The van der Waals surface area contributed by atoms with Gasteiger partial charge >= 0.3 is 6.09 Å². The summed E-state index contributed by atoms with van der Waals surface area (Å²) in [6, 6.07) is 7.97. The fourth-order valence-corrected chi connectivity index (χ4v) is 5.62. The third-order valence-electron chi connectivity index (χ3n) is 7.05. The van der Waals surface area contributed by atoms with Crippen molar-refractivity contribution >= 4 is 35.0 Å². The van der Waals surface area contributed by atoms with E-state index in [1.165, 1.54) is 6.07 Å². The van der Waals surface area contributed by atoms with Crippen molar-refractivity contribution in [2.24, 2.45) is 5.92 Å². The highest BCUT2D eigenvalue weighted by Crippen LogP contribution is 2.44. The zero-order valence-corrected chi connectivity index (χ0v) is 20.5. The molecule has 0 radical (unpaired) electrons. The van der Waals surface area contributed by atoms with Gasteiger partial charge in [0.1, 0.15) is 24.3 Å². The standard InChI is InChI=1S/C25H27Cl2FN2O4/c1-13(2)22-12-33-25(32)30(22)15-3-4-19(27)23(9-15)34-24-18-7-14(26)8-20(28)17(18)10-21(24)29-6-5-16(31)11-29/h3-4,7-9,13,16,21-22,24,31H,5-6,10-12H2,1-2H3/t16-,21+,22-,24+/m1/s1. The second-order valence-electron chi connectivity index (χ2n) is 9.58. The SMILES string of the molecule is CC(C)[C@H]1COC(=O)N1c1ccc(Cl)c(O[C@H]2c3cc(Cl)cc(F)c3C[C@@H]2N2CC[C@@H](O)C2)c1. The van der Waals surface area contributed by atoms with Gasteiger partial charge in [-0.05, 0) is 48.6 Å². The van der Waals surface area contributed by atoms with Crippen LogP contribution in [0.15, 0.2) is 30.3 Å². The van der Waals surface area contributed by atoms with E-state index in [1.54, 1.807) is 29.2 Å². The summed E-state index contributed by atoms with van der Waals surface area (Å²) in [4.78, 5) is 16.2. The van der Waals surface area contributed by atoms with Crippen molar-refractivity contribution in [2.75, 3.05) is 24.6 Å². The predicted molar refractivity (Wildman–Crippen MR) is 128 cm³/mol. The number of aliphatic hydroxyl groups is 1. The Labute approximate surface area is 208 Å². The molecule has 2 saturated heterocycles. The Balaban J connectivity index is 1.51. The second kappa shape index (κ2) is 9.19. The Morgan fingerprint density at radius 2 is 2.03 bits per heavy atom. The molecule has 0 saturated carbocycles. The van der Waals surface area contributed by atoms with Crippen LogP contribution >= 0.6 is 23.2 Å². The lowest BCUT2D eigenvalue weighted by Gasteiger charge is -2.31. The lowest BCUT2D eigenvalue weighted by Crippen LogP contribution is -2.39. The van der Waals surface area contributed by atoms with E-state index >= 15 is 0 Å². The van der Waals surface area contributed by atoms with Gasteiger partial charge in [0.05, 0.1) is 28.9 Å². The minimum atomic E-state index is -0.535. The summed E-state index contributed by atoms with van der Waals surface area (Å²) in [6.07, 6.45) is -0.254. The summed E-state index contributed by atoms with van der Waals surface area (Å²) in [5.41, 5.74) is 1.87. The molecule has 6 nitrogen and oxygen atoms in total. The molecule has 2 heterocycles. The third-order valence-corrected chi connectivity index (χ3v) is 7.58. The molecule has 34 heavy (non-hydrogen) atoms. The van der Waals surface area contributed by atoms with Gasteiger partial charge in [-0.3, -0.25) is 9.80 Å². The first-order chi connectivity index (χ1) is 16.2. The number of hydrogen-bond donors (Lipinski definition) is 1. The minimum Gasteiger partial charge on any atom is -0.482 e. The van der Waals surface area contributed by atoms with Crippen molar-refractivity contribution in [2.45, 2.75) is 51.0 Å². The van der Waals surface area contributed by atoms with Crippen LogP contribution in [-0.4, -0.2) is 54.0 Å². The normalized spacial score (nSPS) is 26.9. The number of fused-ring (bicyclic) bond motifs is 1. The maximum absolute atomic E-state index is 14.8. The third kappa shape index (κ3) is 4.24. The number of cyclic esters (lactones) is 1. The van der Waals surface area contributed by atoms with Crippen molar-refractivity contribution in [3.63, 3.8) is 0 Å². The molecule has 0 bridgehead atoms. The lowest BCUT2D eigenvalue weighted by atomic mass is 10.0. The highest BCUT2D eigenvalue weighted by molar-refractivity contribution is 6.32. The quantitative estimate of drug-likeness (QED) is 0.599. The minimum absolute atomic E-state index is 0.0968. The van der Waals surface area contributed by atoms with Crippen molar-refractivity contribution in [1.82, 2.24) is 4.90 Å². The van der Waals surface area contributed by atoms with Gasteiger partial charge in [0.15, 0.2) is 0 Å². The van der Waals surface area contributed by atoms with E-state index in [9.17, 15) is 14.3 Å². The lowest BCUT2D eigenvalue weighted by molar-refractivity contribution is 0.0819. The number of carbonyl (C=O) groups excluding carboxylic acids is 1. The molecule has 9 heteroatoms. The number of benzene rings is 2. The van der Waals surface area contributed by atoms with Crippen LogP contribution in [-0.2, 0) is 11.2 Å². The molecule has 2 fully saturated rings. The average Bonchev–Trinajstić information content (AvgIpc) is 3.47. The Morgan fingerprint density at radius 3 is 2.74 bits per heavy atom. The van der Waals surface area contributed by atoms with E-state index < -0.39 is 18.3 Å². The van der Waals surface area contributed by atoms with Gasteiger partial charge in [0, 0.05) is 29.7 Å². The highest BCUT2D eigenvalue weighted by Gasteiger charge is 2.42. The number of likely N-dealkylation sites (tertiary alicyclic amines) is 1. The smallest absolute Gasteiger partial charge is 0.414 e. The Hall–Kier alpha value is -2.06. The number of anilines is 1. The van der Waals surface area contributed by atoms with Crippen LogP contribution in [0.1, 0.15) is 37.5 Å². The molecule has 3 aliphatic rings. The Bertz CT molecular complexity index is 1110. The van der Waals surface area contributed by atoms with Crippen LogP contribution in [0, 0.1) is 11.7 Å². The number of halogens is 3. The van der Waals surface area contributed by atoms with Crippen LogP contribution in [0.25, 0.3) is 0 Å². The molecule has 4 atom stereocenters. The molecule has 1 aliphatic carbocycles. The largest absolute Gasteiger partial charge is 0.482 e. The summed E-state index contributed by atoms with van der Waals surface area (Å²) in [5, 5.41) is 10.8. The predicted octanol–water partition coefficient (Wildman–Crippen LogP) is 5.23. The molecule has 0 spiro atoms. The zero-order chi connectivity index (χ0) is 24.1. The van der Waals surface area contributed by atoms with E-state index in [-0.39, 0.29) is 23.8 Å². The number of aliphatic hydroxyl groups excluding tert-OH is 1. The molecular weight excluding hydrogens is 482 g/mol. The molecule has 2 aliphatic heterocycles. The van der Waals surface area contributed by atoms with Crippen molar-refractivity contribution < 1.29 is 23.8 Å². The van der Waals surface area contributed by atoms with Crippen LogP contribution in [0.5, 0.6) is 5.75 Å². The van der Waals surface area contributed by atoms with Gasteiger partial charge in [-0.1, -0.05) is 37.0 Å². The van der Waals surface area contributed by atoms with E-state index in [1.807, 2.05) is 13.8 Å². The number of carbonyl (C=O) groups is 1. The summed E-state index contributed by atoms with van der Waals surface area (Å²) in [6.45, 7) is 5.59.